The van der Waals surface area contributed by atoms with Gasteiger partial charge in [-0.15, -0.1) is 11.3 Å². The molecular weight excluding hydrogens is 274 g/mol. The SMILES string of the molecule is OC(Cc1csc(C2COCCO2)n1)c1ccccc1. The minimum absolute atomic E-state index is 0.0589. The Labute approximate surface area is 122 Å². The van der Waals surface area contributed by atoms with Crippen LogP contribution < -0.4 is 0 Å². The van der Waals surface area contributed by atoms with Crippen LogP contribution in [0.1, 0.15) is 28.5 Å². The van der Waals surface area contributed by atoms with Crippen molar-refractivity contribution in [1.29, 1.82) is 0 Å². The molecule has 1 fully saturated rings. The maximum atomic E-state index is 10.2. The van der Waals surface area contributed by atoms with Gasteiger partial charge in [0.1, 0.15) is 11.1 Å². The van der Waals surface area contributed by atoms with E-state index in [1.165, 1.54) is 0 Å². The lowest BCUT2D eigenvalue weighted by Crippen LogP contribution is -2.21. The fraction of sp³-hybridized carbons (Fsp3) is 0.400. The van der Waals surface area contributed by atoms with Crippen molar-refractivity contribution in [2.45, 2.75) is 18.6 Å². The molecule has 20 heavy (non-hydrogen) atoms. The van der Waals surface area contributed by atoms with Crippen molar-refractivity contribution < 1.29 is 14.6 Å². The zero-order valence-corrected chi connectivity index (χ0v) is 11.9. The molecule has 2 unspecified atom stereocenters. The van der Waals surface area contributed by atoms with Crippen LogP contribution in [0.15, 0.2) is 35.7 Å². The summed E-state index contributed by atoms with van der Waals surface area (Å²) in [7, 11) is 0. The summed E-state index contributed by atoms with van der Waals surface area (Å²) in [6.45, 7) is 1.84. The van der Waals surface area contributed by atoms with Gasteiger partial charge in [-0.25, -0.2) is 4.98 Å². The number of thiazole rings is 1. The van der Waals surface area contributed by atoms with Crippen LogP contribution in [0.3, 0.4) is 0 Å². The van der Waals surface area contributed by atoms with Crippen molar-refractivity contribution >= 4 is 11.3 Å². The fourth-order valence-corrected chi connectivity index (χ4v) is 3.05. The minimum Gasteiger partial charge on any atom is -0.388 e. The second kappa shape index (κ2) is 6.45. The van der Waals surface area contributed by atoms with E-state index in [1.807, 2.05) is 35.7 Å². The Morgan fingerprint density at radius 3 is 2.90 bits per heavy atom. The molecule has 2 heterocycles. The molecule has 1 saturated heterocycles. The van der Waals surface area contributed by atoms with Crippen LogP contribution in [0.5, 0.6) is 0 Å². The second-order valence-electron chi connectivity index (χ2n) is 4.74. The van der Waals surface area contributed by atoms with Gasteiger partial charge in [0.15, 0.2) is 0 Å². The first-order valence-electron chi connectivity index (χ1n) is 6.69. The number of nitrogens with zero attached hydrogens (tertiary/aromatic N) is 1. The van der Waals surface area contributed by atoms with Gasteiger partial charge >= 0.3 is 0 Å². The molecule has 2 aromatic rings. The lowest BCUT2D eigenvalue weighted by molar-refractivity contribution is -0.0902. The van der Waals surface area contributed by atoms with E-state index in [0.29, 0.717) is 26.2 Å². The number of aliphatic hydroxyl groups is 1. The van der Waals surface area contributed by atoms with Gasteiger partial charge in [-0.1, -0.05) is 30.3 Å². The van der Waals surface area contributed by atoms with E-state index in [9.17, 15) is 5.11 Å². The van der Waals surface area contributed by atoms with Crippen LogP contribution in [0, 0.1) is 0 Å². The maximum absolute atomic E-state index is 10.2. The zero-order chi connectivity index (χ0) is 13.8. The summed E-state index contributed by atoms with van der Waals surface area (Å²) < 4.78 is 11.0. The van der Waals surface area contributed by atoms with Crippen molar-refractivity contribution in [3.8, 4) is 0 Å². The maximum Gasteiger partial charge on any atom is 0.132 e. The van der Waals surface area contributed by atoms with Crippen molar-refractivity contribution in [2.24, 2.45) is 0 Å². The van der Waals surface area contributed by atoms with Gasteiger partial charge in [0.25, 0.3) is 0 Å². The van der Waals surface area contributed by atoms with Crippen molar-refractivity contribution in [1.82, 2.24) is 4.98 Å². The predicted molar refractivity (Wildman–Crippen MR) is 76.7 cm³/mol. The molecule has 0 aliphatic carbocycles. The van der Waals surface area contributed by atoms with Gasteiger partial charge in [0, 0.05) is 11.8 Å². The molecule has 0 bridgehead atoms. The molecule has 1 N–H and O–H groups in total. The third-order valence-corrected chi connectivity index (χ3v) is 4.23. The third kappa shape index (κ3) is 3.24. The minimum atomic E-state index is -0.519. The predicted octanol–water partition coefficient (Wildman–Crippen LogP) is 2.51. The van der Waals surface area contributed by atoms with E-state index in [4.69, 9.17) is 9.47 Å². The largest absolute Gasteiger partial charge is 0.388 e. The number of aromatic nitrogens is 1. The first-order valence-corrected chi connectivity index (χ1v) is 7.57. The average molecular weight is 291 g/mol. The molecule has 4 nitrogen and oxygen atoms in total. The van der Waals surface area contributed by atoms with Crippen LogP contribution in [0.4, 0.5) is 0 Å². The van der Waals surface area contributed by atoms with Crippen LogP contribution in [-0.2, 0) is 15.9 Å². The first-order chi connectivity index (χ1) is 9.83. The van der Waals surface area contributed by atoms with Crippen molar-refractivity contribution in [3.05, 3.63) is 52.0 Å². The number of ether oxygens (including phenoxy) is 2. The highest BCUT2D eigenvalue weighted by Gasteiger charge is 2.20. The topological polar surface area (TPSA) is 51.6 Å². The molecule has 0 radical (unpaired) electrons. The Kier molecular flexibility index (Phi) is 4.42. The smallest absolute Gasteiger partial charge is 0.132 e. The molecule has 0 saturated carbocycles. The number of aliphatic hydroxyl groups excluding tert-OH is 1. The van der Waals surface area contributed by atoms with Crippen molar-refractivity contribution in [2.75, 3.05) is 19.8 Å². The second-order valence-corrected chi connectivity index (χ2v) is 5.63. The summed E-state index contributed by atoms with van der Waals surface area (Å²) in [6.07, 6.45) is -0.0558. The summed E-state index contributed by atoms with van der Waals surface area (Å²) in [4.78, 5) is 4.55. The summed E-state index contributed by atoms with van der Waals surface area (Å²) >= 11 is 1.57. The third-order valence-electron chi connectivity index (χ3n) is 3.25. The van der Waals surface area contributed by atoms with Crippen LogP contribution in [0.25, 0.3) is 0 Å². The Morgan fingerprint density at radius 1 is 1.30 bits per heavy atom. The fourth-order valence-electron chi connectivity index (χ4n) is 2.19. The van der Waals surface area contributed by atoms with E-state index in [1.54, 1.807) is 11.3 Å². The quantitative estimate of drug-likeness (QED) is 0.940. The summed E-state index contributed by atoms with van der Waals surface area (Å²) in [5.41, 5.74) is 1.81. The standard InChI is InChI=1S/C15H17NO3S/c17-13(11-4-2-1-3-5-11)8-12-10-20-15(16-12)14-9-18-6-7-19-14/h1-5,10,13-14,17H,6-9H2. The molecule has 5 heteroatoms. The molecule has 2 atom stereocenters. The lowest BCUT2D eigenvalue weighted by Gasteiger charge is -2.20. The Bertz CT molecular complexity index is 537. The normalized spacial score (nSPS) is 20.8. The highest BCUT2D eigenvalue weighted by Crippen LogP contribution is 2.26. The molecule has 1 aliphatic heterocycles. The Hall–Kier alpha value is -1.27. The van der Waals surface area contributed by atoms with Gasteiger partial charge in [-0.2, -0.15) is 0 Å². The van der Waals surface area contributed by atoms with Crippen LogP contribution in [0.2, 0.25) is 0 Å². The van der Waals surface area contributed by atoms with Crippen LogP contribution in [-0.4, -0.2) is 29.9 Å². The lowest BCUT2D eigenvalue weighted by atomic mass is 10.1. The first kappa shape index (κ1) is 13.7. The number of rotatable bonds is 4. The molecule has 3 rings (SSSR count). The molecular formula is C15H17NO3S. The van der Waals surface area contributed by atoms with Gasteiger partial charge in [-0.05, 0) is 5.56 Å². The van der Waals surface area contributed by atoms with Gasteiger partial charge in [0.05, 0.1) is 31.6 Å². The Balaban J connectivity index is 1.65. The van der Waals surface area contributed by atoms with Gasteiger partial charge in [0.2, 0.25) is 0 Å². The van der Waals surface area contributed by atoms with E-state index in [2.05, 4.69) is 4.98 Å². The number of hydrogen-bond acceptors (Lipinski definition) is 5. The monoisotopic (exact) mass is 291 g/mol. The molecule has 106 valence electrons. The van der Waals surface area contributed by atoms with E-state index >= 15 is 0 Å². The van der Waals surface area contributed by atoms with Gasteiger partial charge < -0.3 is 14.6 Å². The number of hydrogen-bond donors (Lipinski definition) is 1. The molecule has 1 aromatic carbocycles. The number of benzene rings is 1. The van der Waals surface area contributed by atoms with Gasteiger partial charge in [-0.3, -0.25) is 0 Å². The highest BCUT2D eigenvalue weighted by molar-refractivity contribution is 7.09. The average Bonchev–Trinajstić information content (AvgIpc) is 2.97. The summed E-state index contributed by atoms with van der Waals surface area (Å²) in [5.74, 6) is 0. The molecule has 1 aromatic heterocycles. The van der Waals surface area contributed by atoms with E-state index < -0.39 is 6.10 Å². The molecule has 0 spiro atoms. The van der Waals surface area contributed by atoms with E-state index in [-0.39, 0.29) is 6.10 Å². The summed E-state index contributed by atoms with van der Waals surface area (Å²) in [5, 5.41) is 13.1. The summed E-state index contributed by atoms with van der Waals surface area (Å²) in [6, 6.07) is 9.65. The zero-order valence-electron chi connectivity index (χ0n) is 11.1. The molecule has 0 amide bonds. The highest BCUT2D eigenvalue weighted by atomic mass is 32.1. The molecule has 1 aliphatic rings. The van der Waals surface area contributed by atoms with E-state index in [0.717, 1.165) is 16.3 Å². The Morgan fingerprint density at radius 2 is 2.15 bits per heavy atom. The van der Waals surface area contributed by atoms with Crippen molar-refractivity contribution in [3.63, 3.8) is 0 Å². The van der Waals surface area contributed by atoms with Crippen LogP contribution >= 0.6 is 11.3 Å².